The van der Waals surface area contributed by atoms with E-state index < -0.39 is 30.3 Å². The number of alkyl halides is 3. The average molecular weight is 241 g/mol. The van der Waals surface area contributed by atoms with Crippen LogP contribution in [-0.2, 0) is 14.3 Å². The third kappa shape index (κ3) is 3.37. The number of hydrogen-bond acceptors (Lipinski definition) is 3. The number of carboxylic acids is 1. The minimum absolute atomic E-state index is 0.238. The Kier molecular flexibility index (Phi) is 3.74. The monoisotopic (exact) mass is 241 g/mol. The van der Waals surface area contributed by atoms with Crippen LogP contribution in [-0.4, -0.2) is 41.9 Å². The SMILES string of the molecule is O=C(O)C1CCC(CNC(=O)C(F)(F)F)O1. The van der Waals surface area contributed by atoms with Crippen LogP contribution in [0.5, 0.6) is 0 Å². The Bertz CT molecular complexity index is 291. The fraction of sp³-hybridized carbons (Fsp3) is 0.750. The Balaban J connectivity index is 2.31. The molecule has 1 aliphatic heterocycles. The molecule has 2 unspecified atom stereocenters. The van der Waals surface area contributed by atoms with Crippen LogP contribution in [0.2, 0.25) is 0 Å². The molecule has 8 heteroatoms. The van der Waals surface area contributed by atoms with E-state index in [1.807, 2.05) is 0 Å². The number of nitrogens with one attached hydrogen (secondary N) is 1. The summed E-state index contributed by atoms with van der Waals surface area (Å²) in [5.74, 6) is -3.19. The summed E-state index contributed by atoms with van der Waals surface area (Å²) >= 11 is 0. The van der Waals surface area contributed by atoms with E-state index in [-0.39, 0.29) is 13.0 Å². The Morgan fingerprint density at radius 3 is 2.44 bits per heavy atom. The number of carbonyl (C=O) groups is 2. The highest BCUT2D eigenvalue weighted by molar-refractivity contribution is 5.81. The van der Waals surface area contributed by atoms with Crippen LogP contribution in [0.1, 0.15) is 12.8 Å². The molecular weight excluding hydrogens is 231 g/mol. The highest BCUT2D eigenvalue weighted by atomic mass is 19.4. The molecule has 0 aliphatic carbocycles. The van der Waals surface area contributed by atoms with Crippen LogP contribution in [0.4, 0.5) is 13.2 Å². The number of carboxylic acid groups (broad SMARTS) is 1. The minimum atomic E-state index is -4.93. The van der Waals surface area contributed by atoms with Crippen LogP contribution in [0, 0.1) is 0 Å². The molecule has 0 aromatic carbocycles. The van der Waals surface area contributed by atoms with E-state index in [9.17, 15) is 22.8 Å². The standard InChI is InChI=1S/C8H10F3NO4/c9-8(10,11)7(15)12-3-4-1-2-5(16-4)6(13)14/h4-5H,1-3H2,(H,12,15)(H,13,14). The summed E-state index contributed by atoms with van der Waals surface area (Å²) in [4.78, 5) is 20.9. The summed E-state index contributed by atoms with van der Waals surface area (Å²) in [5.41, 5.74) is 0. The maximum absolute atomic E-state index is 11.8. The maximum Gasteiger partial charge on any atom is 0.471 e. The number of amides is 1. The van der Waals surface area contributed by atoms with Crippen molar-refractivity contribution < 1.29 is 32.6 Å². The Morgan fingerprint density at radius 1 is 1.38 bits per heavy atom. The first-order chi connectivity index (χ1) is 7.30. The van der Waals surface area contributed by atoms with E-state index in [1.165, 1.54) is 0 Å². The molecule has 92 valence electrons. The second-order valence-electron chi connectivity index (χ2n) is 3.37. The molecule has 0 radical (unpaired) electrons. The lowest BCUT2D eigenvalue weighted by Crippen LogP contribution is -2.41. The maximum atomic E-state index is 11.8. The van der Waals surface area contributed by atoms with Gasteiger partial charge in [-0.3, -0.25) is 4.79 Å². The molecule has 1 saturated heterocycles. The highest BCUT2D eigenvalue weighted by Crippen LogP contribution is 2.20. The number of aliphatic carboxylic acids is 1. The Hall–Kier alpha value is -1.31. The molecule has 1 rings (SSSR count). The van der Waals surface area contributed by atoms with E-state index in [0.717, 1.165) is 0 Å². The molecule has 1 heterocycles. The second-order valence-corrected chi connectivity index (χ2v) is 3.37. The van der Waals surface area contributed by atoms with Crippen molar-refractivity contribution in [2.45, 2.75) is 31.2 Å². The third-order valence-corrected chi connectivity index (χ3v) is 2.13. The normalized spacial score (nSPS) is 25.4. The molecule has 0 spiro atoms. The molecular formula is C8H10F3NO4. The van der Waals surface area contributed by atoms with Gasteiger partial charge in [0.15, 0.2) is 6.10 Å². The van der Waals surface area contributed by atoms with E-state index in [4.69, 9.17) is 9.84 Å². The van der Waals surface area contributed by atoms with Crippen molar-refractivity contribution in [3.63, 3.8) is 0 Å². The van der Waals surface area contributed by atoms with E-state index in [1.54, 1.807) is 5.32 Å². The molecule has 1 fully saturated rings. The van der Waals surface area contributed by atoms with Crippen molar-refractivity contribution in [3.8, 4) is 0 Å². The predicted molar refractivity (Wildman–Crippen MR) is 44.6 cm³/mol. The molecule has 0 bridgehead atoms. The molecule has 16 heavy (non-hydrogen) atoms. The largest absolute Gasteiger partial charge is 0.479 e. The van der Waals surface area contributed by atoms with E-state index in [2.05, 4.69) is 0 Å². The van der Waals surface area contributed by atoms with Crippen molar-refractivity contribution >= 4 is 11.9 Å². The van der Waals surface area contributed by atoms with Crippen molar-refractivity contribution in [1.82, 2.24) is 5.32 Å². The molecule has 1 amide bonds. The van der Waals surface area contributed by atoms with Gasteiger partial charge in [0.25, 0.3) is 0 Å². The third-order valence-electron chi connectivity index (χ3n) is 2.13. The van der Waals surface area contributed by atoms with Gasteiger partial charge in [-0.05, 0) is 12.8 Å². The highest BCUT2D eigenvalue weighted by Gasteiger charge is 2.39. The molecule has 0 aromatic heterocycles. The van der Waals surface area contributed by atoms with Crippen LogP contribution in [0.3, 0.4) is 0 Å². The first-order valence-corrected chi connectivity index (χ1v) is 4.54. The summed E-state index contributed by atoms with van der Waals surface area (Å²) in [6, 6.07) is 0. The molecule has 2 N–H and O–H groups in total. The summed E-state index contributed by atoms with van der Waals surface area (Å²) < 4.78 is 40.2. The lowest BCUT2D eigenvalue weighted by molar-refractivity contribution is -0.174. The number of rotatable bonds is 3. The summed E-state index contributed by atoms with van der Waals surface area (Å²) in [7, 11) is 0. The average Bonchev–Trinajstić information content (AvgIpc) is 2.60. The van der Waals surface area contributed by atoms with Crippen LogP contribution >= 0.6 is 0 Å². The zero-order chi connectivity index (χ0) is 12.3. The number of halogens is 3. The second kappa shape index (κ2) is 4.69. The summed E-state index contributed by atoms with van der Waals surface area (Å²) in [6.07, 6.45) is -6.04. The smallest absolute Gasteiger partial charge is 0.471 e. The van der Waals surface area contributed by atoms with Crippen LogP contribution in [0.25, 0.3) is 0 Å². The van der Waals surface area contributed by atoms with Gasteiger partial charge in [-0.2, -0.15) is 13.2 Å². The van der Waals surface area contributed by atoms with Gasteiger partial charge in [0.1, 0.15) is 0 Å². The molecule has 5 nitrogen and oxygen atoms in total. The Morgan fingerprint density at radius 2 is 2.00 bits per heavy atom. The number of ether oxygens (including phenoxy) is 1. The zero-order valence-corrected chi connectivity index (χ0v) is 8.08. The van der Waals surface area contributed by atoms with Crippen molar-refractivity contribution in [2.75, 3.05) is 6.54 Å². The van der Waals surface area contributed by atoms with Gasteiger partial charge in [0.2, 0.25) is 0 Å². The number of carbonyl (C=O) groups excluding carboxylic acids is 1. The van der Waals surface area contributed by atoms with E-state index >= 15 is 0 Å². The molecule has 2 atom stereocenters. The van der Waals surface area contributed by atoms with Gasteiger partial charge in [0.05, 0.1) is 6.10 Å². The van der Waals surface area contributed by atoms with Gasteiger partial charge < -0.3 is 15.2 Å². The lowest BCUT2D eigenvalue weighted by Gasteiger charge is -2.13. The predicted octanol–water partition coefficient (Wildman–Crippen LogP) is 0.297. The molecule has 0 saturated carbocycles. The first-order valence-electron chi connectivity index (χ1n) is 4.54. The quantitative estimate of drug-likeness (QED) is 0.745. The van der Waals surface area contributed by atoms with E-state index in [0.29, 0.717) is 6.42 Å². The molecule has 0 aromatic rings. The first kappa shape index (κ1) is 12.8. The summed E-state index contributed by atoms with van der Waals surface area (Å²) in [5, 5.41) is 10.2. The zero-order valence-electron chi connectivity index (χ0n) is 8.08. The van der Waals surface area contributed by atoms with Crippen molar-refractivity contribution in [2.24, 2.45) is 0 Å². The van der Waals surface area contributed by atoms with Gasteiger partial charge in [-0.25, -0.2) is 4.79 Å². The summed E-state index contributed by atoms with van der Waals surface area (Å²) in [6.45, 7) is -0.331. The lowest BCUT2D eigenvalue weighted by atomic mass is 10.2. The fourth-order valence-corrected chi connectivity index (χ4v) is 1.34. The van der Waals surface area contributed by atoms with Gasteiger partial charge in [-0.1, -0.05) is 0 Å². The fourth-order valence-electron chi connectivity index (χ4n) is 1.34. The van der Waals surface area contributed by atoms with Gasteiger partial charge in [0, 0.05) is 6.54 Å². The van der Waals surface area contributed by atoms with Crippen molar-refractivity contribution in [3.05, 3.63) is 0 Å². The Labute approximate surface area is 88.6 Å². The minimum Gasteiger partial charge on any atom is -0.479 e. The topological polar surface area (TPSA) is 75.6 Å². The van der Waals surface area contributed by atoms with Crippen LogP contribution < -0.4 is 5.32 Å². The number of hydrogen-bond donors (Lipinski definition) is 2. The van der Waals surface area contributed by atoms with Gasteiger partial charge >= 0.3 is 18.1 Å². The van der Waals surface area contributed by atoms with Crippen molar-refractivity contribution in [1.29, 1.82) is 0 Å². The van der Waals surface area contributed by atoms with Crippen LogP contribution in [0.15, 0.2) is 0 Å². The molecule has 1 aliphatic rings. The van der Waals surface area contributed by atoms with Gasteiger partial charge in [-0.15, -0.1) is 0 Å².